The average Bonchev–Trinajstić information content (AvgIpc) is 2.44. The number of methoxy groups -OCH3 is 2. The largest absolute Gasteiger partial charge is 0.468 e. The lowest BCUT2D eigenvalue weighted by molar-refractivity contribution is -0.151. The van der Waals surface area contributed by atoms with Gasteiger partial charge in [-0.3, -0.25) is 0 Å². The number of hydrogen-bond donors (Lipinski definition) is 1. The highest BCUT2D eigenvalue weighted by atomic mass is 16.5. The normalized spacial score (nSPS) is 13.9. The van der Waals surface area contributed by atoms with Gasteiger partial charge in [0.2, 0.25) is 0 Å². The van der Waals surface area contributed by atoms with Gasteiger partial charge in [-0.25, -0.2) is 4.79 Å². The van der Waals surface area contributed by atoms with Gasteiger partial charge < -0.3 is 14.8 Å². The van der Waals surface area contributed by atoms with E-state index in [0.717, 1.165) is 6.42 Å². The van der Waals surface area contributed by atoms with E-state index in [2.05, 4.69) is 5.32 Å². The summed E-state index contributed by atoms with van der Waals surface area (Å²) in [5, 5.41) is 3.04. The maximum absolute atomic E-state index is 11.9. The van der Waals surface area contributed by atoms with Crippen molar-refractivity contribution in [1.82, 2.24) is 5.32 Å². The van der Waals surface area contributed by atoms with Gasteiger partial charge >= 0.3 is 5.97 Å². The van der Waals surface area contributed by atoms with E-state index in [4.69, 9.17) is 9.47 Å². The van der Waals surface area contributed by atoms with Gasteiger partial charge in [0.25, 0.3) is 0 Å². The van der Waals surface area contributed by atoms with Gasteiger partial charge in [-0.2, -0.15) is 0 Å². The highest BCUT2D eigenvalue weighted by Crippen LogP contribution is 2.17. The summed E-state index contributed by atoms with van der Waals surface area (Å²) in [4.78, 5) is 11.9. The molecule has 4 nitrogen and oxygen atoms in total. The van der Waals surface area contributed by atoms with Crippen LogP contribution in [0.3, 0.4) is 0 Å². The van der Waals surface area contributed by atoms with Crippen LogP contribution < -0.4 is 5.32 Å². The van der Waals surface area contributed by atoms with Gasteiger partial charge in [0, 0.05) is 7.11 Å². The molecule has 0 heterocycles. The molecule has 1 aromatic carbocycles. The Morgan fingerprint density at radius 1 is 1.28 bits per heavy atom. The minimum Gasteiger partial charge on any atom is -0.468 e. The Hall–Kier alpha value is -1.39. The van der Waals surface area contributed by atoms with Crippen LogP contribution in [0.1, 0.15) is 12.0 Å². The molecule has 0 saturated carbocycles. The van der Waals surface area contributed by atoms with Crippen LogP contribution in [0.5, 0.6) is 0 Å². The van der Waals surface area contributed by atoms with Gasteiger partial charge in [-0.1, -0.05) is 30.3 Å². The van der Waals surface area contributed by atoms with Crippen LogP contribution in [0.2, 0.25) is 0 Å². The first-order valence-corrected chi connectivity index (χ1v) is 5.98. The van der Waals surface area contributed by atoms with E-state index in [1.54, 1.807) is 14.2 Å². The molecule has 0 aromatic heterocycles. The number of carbonyl (C=O) groups excluding carboxylic acids is 1. The Kier molecular flexibility index (Phi) is 5.82. The molecule has 0 radical (unpaired) electrons. The van der Waals surface area contributed by atoms with E-state index in [9.17, 15) is 4.79 Å². The fraction of sp³-hybridized carbons (Fsp3) is 0.500. The first-order chi connectivity index (χ1) is 8.68. The van der Waals surface area contributed by atoms with Crippen LogP contribution in [-0.2, 0) is 20.7 Å². The summed E-state index contributed by atoms with van der Waals surface area (Å²) in [6.07, 6.45) is 1.42. The van der Waals surface area contributed by atoms with Gasteiger partial charge in [-0.15, -0.1) is 0 Å². The van der Waals surface area contributed by atoms with E-state index >= 15 is 0 Å². The van der Waals surface area contributed by atoms with Gasteiger partial charge in [0.15, 0.2) is 0 Å². The van der Waals surface area contributed by atoms with Crippen molar-refractivity contribution in [2.24, 2.45) is 0 Å². The lowest BCUT2D eigenvalue weighted by atomic mass is 9.92. The number of carbonyl (C=O) groups is 1. The van der Waals surface area contributed by atoms with Crippen molar-refractivity contribution in [2.45, 2.75) is 18.4 Å². The molecule has 0 aliphatic carbocycles. The van der Waals surface area contributed by atoms with Crippen LogP contribution in [0, 0.1) is 0 Å². The van der Waals surface area contributed by atoms with Gasteiger partial charge in [0.1, 0.15) is 5.54 Å². The van der Waals surface area contributed by atoms with E-state index in [-0.39, 0.29) is 5.97 Å². The summed E-state index contributed by atoms with van der Waals surface area (Å²) in [5.41, 5.74) is 0.413. The number of rotatable bonds is 7. The lowest BCUT2D eigenvalue weighted by Gasteiger charge is -2.29. The van der Waals surface area contributed by atoms with Gasteiger partial charge in [0.05, 0.1) is 13.7 Å². The first kappa shape index (κ1) is 14.7. The minimum atomic E-state index is -0.778. The zero-order valence-corrected chi connectivity index (χ0v) is 11.2. The summed E-state index contributed by atoms with van der Waals surface area (Å²) < 4.78 is 10.0. The molecule has 1 rings (SSSR count). The summed E-state index contributed by atoms with van der Waals surface area (Å²) in [6.45, 7) is 0.295. The number of ether oxygens (including phenoxy) is 2. The molecule has 0 saturated heterocycles. The summed E-state index contributed by atoms with van der Waals surface area (Å²) in [7, 11) is 4.73. The third kappa shape index (κ3) is 3.55. The molecule has 100 valence electrons. The second-order valence-corrected chi connectivity index (χ2v) is 4.24. The molecule has 1 aromatic rings. The number of esters is 1. The number of hydrogen-bond acceptors (Lipinski definition) is 4. The maximum Gasteiger partial charge on any atom is 0.328 e. The van der Waals surface area contributed by atoms with Crippen molar-refractivity contribution in [3.63, 3.8) is 0 Å². The van der Waals surface area contributed by atoms with Crippen molar-refractivity contribution in [1.29, 1.82) is 0 Å². The smallest absolute Gasteiger partial charge is 0.328 e. The summed E-state index contributed by atoms with van der Waals surface area (Å²) in [6, 6.07) is 10.1. The summed E-state index contributed by atoms with van der Waals surface area (Å²) >= 11 is 0. The zero-order chi connectivity index (χ0) is 13.4. The quantitative estimate of drug-likeness (QED) is 0.744. The SMILES string of the molecule is CNC(CCc1ccccc1)(COC)C(=O)OC. The molecule has 0 aliphatic rings. The number of benzene rings is 1. The lowest BCUT2D eigenvalue weighted by Crippen LogP contribution is -2.54. The Morgan fingerprint density at radius 2 is 1.94 bits per heavy atom. The average molecular weight is 251 g/mol. The van der Waals surface area contributed by atoms with Crippen LogP contribution in [-0.4, -0.2) is 39.4 Å². The monoisotopic (exact) mass is 251 g/mol. The predicted octanol–water partition coefficient (Wildman–Crippen LogP) is 1.40. The fourth-order valence-electron chi connectivity index (χ4n) is 1.98. The van der Waals surface area contributed by atoms with E-state index in [1.165, 1.54) is 12.7 Å². The molecule has 4 heteroatoms. The van der Waals surface area contributed by atoms with Crippen molar-refractivity contribution >= 4 is 5.97 Å². The number of nitrogens with one attached hydrogen (secondary N) is 1. The molecule has 18 heavy (non-hydrogen) atoms. The Balaban J connectivity index is 2.75. The molecule has 0 amide bonds. The number of aryl methyl sites for hydroxylation is 1. The number of likely N-dealkylation sites (N-methyl/N-ethyl adjacent to an activating group) is 1. The molecule has 1 unspecified atom stereocenters. The van der Waals surface area contributed by atoms with Crippen LogP contribution >= 0.6 is 0 Å². The highest BCUT2D eigenvalue weighted by molar-refractivity contribution is 5.81. The van der Waals surface area contributed by atoms with Crippen molar-refractivity contribution in [3.05, 3.63) is 35.9 Å². The fourth-order valence-corrected chi connectivity index (χ4v) is 1.98. The third-order valence-electron chi connectivity index (χ3n) is 3.13. The first-order valence-electron chi connectivity index (χ1n) is 5.98. The molecule has 1 atom stereocenters. The predicted molar refractivity (Wildman–Crippen MR) is 70.4 cm³/mol. The highest BCUT2D eigenvalue weighted by Gasteiger charge is 2.37. The molecular weight excluding hydrogens is 230 g/mol. The zero-order valence-electron chi connectivity index (χ0n) is 11.2. The molecule has 0 fully saturated rings. The second-order valence-electron chi connectivity index (χ2n) is 4.24. The Labute approximate surface area is 108 Å². The van der Waals surface area contributed by atoms with E-state index < -0.39 is 5.54 Å². The van der Waals surface area contributed by atoms with Crippen molar-refractivity contribution in [2.75, 3.05) is 27.9 Å². The Morgan fingerprint density at radius 3 is 2.44 bits per heavy atom. The second kappa shape index (κ2) is 7.13. The topological polar surface area (TPSA) is 47.6 Å². The van der Waals surface area contributed by atoms with Gasteiger partial charge in [-0.05, 0) is 25.5 Å². The third-order valence-corrected chi connectivity index (χ3v) is 3.13. The maximum atomic E-state index is 11.9. The van der Waals surface area contributed by atoms with Crippen molar-refractivity contribution in [3.8, 4) is 0 Å². The Bertz CT molecular complexity index is 367. The molecule has 0 bridgehead atoms. The van der Waals surface area contributed by atoms with Crippen LogP contribution in [0.4, 0.5) is 0 Å². The minimum absolute atomic E-state index is 0.289. The summed E-state index contributed by atoms with van der Waals surface area (Å²) in [5.74, 6) is -0.289. The van der Waals surface area contributed by atoms with Crippen LogP contribution in [0.15, 0.2) is 30.3 Å². The van der Waals surface area contributed by atoms with Crippen molar-refractivity contribution < 1.29 is 14.3 Å². The molecule has 0 spiro atoms. The standard InChI is InChI=1S/C14H21NO3/c1-15-14(11-17-2,13(16)18-3)10-9-12-7-5-4-6-8-12/h4-8,15H,9-11H2,1-3H3. The van der Waals surface area contributed by atoms with E-state index in [0.29, 0.717) is 13.0 Å². The molecule has 0 aliphatic heterocycles. The molecule has 1 N–H and O–H groups in total. The van der Waals surface area contributed by atoms with Crippen LogP contribution in [0.25, 0.3) is 0 Å². The molecular formula is C14H21NO3. The van der Waals surface area contributed by atoms with E-state index in [1.807, 2.05) is 30.3 Å².